The first kappa shape index (κ1) is 14.7. The van der Waals surface area contributed by atoms with Crippen LogP contribution in [0.25, 0.3) is 0 Å². The van der Waals surface area contributed by atoms with Crippen molar-refractivity contribution in [3.8, 4) is 5.75 Å². The second kappa shape index (κ2) is 6.13. The lowest BCUT2D eigenvalue weighted by Crippen LogP contribution is -2.42. The Bertz CT molecular complexity index is 532. The van der Waals surface area contributed by atoms with Crippen molar-refractivity contribution < 1.29 is 19.4 Å². The fraction of sp³-hybridized carbons (Fsp3) is 0.429. The molecule has 0 radical (unpaired) electrons. The van der Waals surface area contributed by atoms with Crippen LogP contribution in [0.4, 0.5) is 0 Å². The highest BCUT2D eigenvalue weighted by Crippen LogP contribution is 2.29. The standard InChI is InChI=1S/C14H16ClNO4/c1-20-11-6-2-5-10(15)12(11)13(17)16-7-3-4-9(8-16)14(18)19/h2,5-6,9H,3-4,7-8H2,1H3,(H,18,19)/t9-/m1/s1. The van der Waals surface area contributed by atoms with Gasteiger partial charge in [-0.1, -0.05) is 17.7 Å². The highest BCUT2D eigenvalue weighted by Gasteiger charge is 2.30. The first-order chi connectivity index (χ1) is 9.54. The van der Waals surface area contributed by atoms with Gasteiger partial charge in [0, 0.05) is 13.1 Å². The van der Waals surface area contributed by atoms with E-state index < -0.39 is 11.9 Å². The zero-order chi connectivity index (χ0) is 14.7. The van der Waals surface area contributed by atoms with Crippen molar-refractivity contribution in [1.82, 2.24) is 4.90 Å². The molecule has 0 aliphatic carbocycles. The number of nitrogens with zero attached hydrogens (tertiary/aromatic N) is 1. The molecule has 1 aliphatic heterocycles. The summed E-state index contributed by atoms with van der Waals surface area (Å²) in [7, 11) is 1.47. The van der Waals surface area contributed by atoms with Gasteiger partial charge in [0.05, 0.1) is 18.1 Å². The molecule has 1 fully saturated rings. The predicted octanol–water partition coefficient (Wildman–Crippen LogP) is 2.29. The number of hydrogen-bond donors (Lipinski definition) is 1. The van der Waals surface area contributed by atoms with Crippen molar-refractivity contribution >= 4 is 23.5 Å². The van der Waals surface area contributed by atoms with Gasteiger partial charge in [-0.25, -0.2) is 0 Å². The van der Waals surface area contributed by atoms with E-state index in [1.807, 2.05) is 0 Å². The molecule has 1 amide bonds. The van der Waals surface area contributed by atoms with Crippen molar-refractivity contribution in [1.29, 1.82) is 0 Å². The molecule has 0 aromatic heterocycles. The van der Waals surface area contributed by atoms with Crippen molar-refractivity contribution in [2.24, 2.45) is 5.92 Å². The molecule has 108 valence electrons. The molecular formula is C14H16ClNO4. The zero-order valence-electron chi connectivity index (χ0n) is 11.1. The fourth-order valence-corrected chi connectivity index (χ4v) is 2.65. The molecule has 6 heteroatoms. The van der Waals surface area contributed by atoms with Crippen LogP contribution in [0.5, 0.6) is 5.75 Å². The van der Waals surface area contributed by atoms with E-state index in [1.54, 1.807) is 18.2 Å². The third-order valence-corrected chi connectivity index (χ3v) is 3.78. The van der Waals surface area contributed by atoms with Gasteiger partial charge in [-0.2, -0.15) is 0 Å². The van der Waals surface area contributed by atoms with Gasteiger partial charge in [0.25, 0.3) is 5.91 Å². The summed E-state index contributed by atoms with van der Waals surface area (Å²) < 4.78 is 5.16. The summed E-state index contributed by atoms with van der Waals surface area (Å²) in [5, 5.41) is 9.39. The van der Waals surface area contributed by atoms with E-state index >= 15 is 0 Å². The van der Waals surface area contributed by atoms with Crippen LogP contribution in [0, 0.1) is 5.92 Å². The first-order valence-electron chi connectivity index (χ1n) is 6.39. The number of carbonyl (C=O) groups is 2. The number of likely N-dealkylation sites (tertiary alicyclic amines) is 1. The van der Waals surface area contributed by atoms with Gasteiger partial charge in [0.1, 0.15) is 11.3 Å². The number of ether oxygens (including phenoxy) is 1. The largest absolute Gasteiger partial charge is 0.496 e. The monoisotopic (exact) mass is 297 g/mol. The van der Waals surface area contributed by atoms with Crippen LogP contribution in [-0.4, -0.2) is 42.1 Å². The molecule has 1 N–H and O–H groups in total. The van der Waals surface area contributed by atoms with Crippen LogP contribution >= 0.6 is 11.6 Å². The van der Waals surface area contributed by atoms with Crippen molar-refractivity contribution in [3.05, 3.63) is 28.8 Å². The summed E-state index contributed by atoms with van der Waals surface area (Å²) in [6, 6.07) is 4.99. The fourth-order valence-electron chi connectivity index (χ4n) is 2.40. The van der Waals surface area contributed by atoms with Gasteiger partial charge < -0.3 is 14.7 Å². The maximum atomic E-state index is 12.5. The van der Waals surface area contributed by atoms with Crippen LogP contribution < -0.4 is 4.74 Å². The number of aliphatic carboxylic acids is 1. The topological polar surface area (TPSA) is 66.8 Å². The Hall–Kier alpha value is -1.75. The number of carboxylic acid groups (broad SMARTS) is 1. The highest BCUT2D eigenvalue weighted by atomic mass is 35.5. The molecule has 1 aromatic rings. The van der Waals surface area contributed by atoms with Crippen LogP contribution in [0.1, 0.15) is 23.2 Å². The van der Waals surface area contributed by atoms with Crippen LogP contribution in [0.2, 0.25) is 5.02 Å². The first-order valence-corrected chi connectivity index (χ1v) is 6.77. The van der Waals surface area contributed by atoms with E-state index in [4.69, 9.17) is 21.4 Å². The summed E-state index contributed by atoms with van der Waals surface area (Å²) in [4.78, 5) is 25.1. The van der Waals surface area contributed by atoms with Gasteiger partial charge >= 0.3 is 5.97 Å². The van der Waals surface area contributed by atoms with E-state index in [0.29, 0.717) is 35.7 Å². The van der Waals surface area contributed by atoms with Crippen molar-refractivity contribution in [3.63, 3.8) is 0 Å². The lowest BCUT2D eigenvalue weighted by Gasteiger charge is -2.31. The average Bonchev–Trinajstić information content (AvgIpc) is 2.46. The van der Waals surface area contributed by atoms with Gasteiger partial charge in [0.2, 0.25) is 0 Å². The van der Waals surface area contributed by atoms with E-state index in [0.717, 1.165) is 0 Å². The molecule has 5 nitrogen and oxygen atoms in total. The quantitative estimate of drug-likeness (QED) is 0.929. The molecule has 1 aliphatic rings. The van der Waals surface area contributed by atoms with Crippen LogP contribution in [0.3, 0.4) is 0 Å². The Labute approximate surface area is 122 Å². The maximum Gasteiger partial charge on any atom is 0.308 e. The molecule has 2 rings (SSSR count). The Kier molecular flexibility index (Phi) is 4.49. The predicted molar refractivity (Wildman–Crippen MR) is 74.3 cm³/mol. The summed E-state index contributed by atoms with van der Waals surface area (Å²) in [6.45, 7) is 0.750. The molecule has 0 bridgehead atoms. The summed E-state index contributed by atoms with van der Waals surface area (Å²) in [5.41, 5.74) is 0.294. The summed E-state index contributed by atoms with van der Waals surface area (Å²) >= 11 is 6.08. The van der Waals surface area contributed by atoms with Crippen molar-refractivity contribution in [2.75, 3.05) is 20.2 Å². The molecule has 0 saturated carbocycles. The van der Waals surface area contributed by atoms with E-state index in [9.17, 15) is 9.59 Å². The number of piperidine rings is 1. The minimum absolute atomic E-state index is 0.211. The Morgan fingerprint density at radius 3 is 2.85 bits per heavy atom. The number of amides is 1. The molecule has 1 aromatic carbocycles. The molecule has 1 saturated heterocycles. The third-order valence-electron chi connectivity index (χ3n) is 3.47. The average molecular weight is 298 g/mol. The number of hydrogen-bond acceptors (Lipinski definition) is 3. The Morgan fingerprint density at radius 1 is 1.45 bits per heavy atom. The van der Waals surface area contributed by atoms with Gasteiger partial charge in [-0.15, -0.1) is 0 Å². The van der Waals surface area contributed by atoms with Gasteiger partial charge in [0.15, 0.2) is 0 Å². The summed E-state index contributed by atoms with van der Waals surface area (Å²) in [6.07, 6.45) is 1.27. The van der Waals surface area contributed by atoms with Crippen molar-refractivity contribution in [2.45, 2.75) is 12.8 Å². The molecule has 1 heterocycles. The van der Waals surface area contributed by atoms with Gasteiger partial charge in [-0.3, -0.25) is 9.59 Å². The molecule has 0 spiro atoms. The number of halogens is 1. The van der Waals surface area contributed by atoms with Crippen LogP contribution in [-0.2, 0) is 4.79 Å². The van der Waals surface area contributed by atoms with Gasteiger partial charge in [-0.05, 0) is 25.0 Å². The number of carboxylic acids is 1. The lowest BCUT2D eigenvalue weighted by atomic mass is 9.97. The number of rotatable bonds is 3. The number of carbonyl (C=O) groups excluding carboxylic acids is 1. The lowest BCUT2D eigenvalue weighted by molar-refractivity contribution is -0.143. The third kappa shape index (κ3) is 2.88. The summed E-state index contributed by atoms with van der Waals surface area (Å²) in [5.74, 6) is -1.26. The smallest absolute Gasteiger partial charge is 0.308 e. The SMILES string of the molecule is COc1cccc(Cl)c1C(=O)N1CCC[C@@H](C(=O)O)C1. The normalized spacial score (nSPS) is 18.7. The van der Waals surface area contributed by atoms with E-state index in [1.165, 1.54) is 12.0 Å². The van der Waals surface area contributed by atoms with E-state index in [2.05, 4.69) is 0 Å². The minimum atomic E-state index is -0.867. The number of benzene rings is 1. The Balaban J connectivity index is 2.25. The van der Waals surface area contributed by atoms with E-state index in [-0.39, 0.29) is 12.5 Å². The number of methoxy groups -OCH3 is 1. The Morgan fingerprint density at radius 2 is 2.20 bits per heavy atom. The zero-order valence-corrected chi connectivity index (χ0v) is 11.9. The highest BCUT2D eigenvalue weighted by molar-refractivity contribution is 6.34. The molecular weight excluding hydrogens is 282 g/mol. The second-order valence-corrected chi connectivity index (χ2v) is 5.15. The minimum Gasteiger partial charge on any atom is -0.496 e. The molecule has 0 unspecified atom stereocenters. The van der Waals surface area contributed by atoms with Crippen LogP contribution in [0.15, 0.2) is 18.2 Å². The second-order valence-electron chi connectivity index (χ2n) is 4.75. The maximum absolute atomic E-state index is 12.5. The molecule has 1 atom stereocenters. The molecule has 20 heavy (non-hydrogen) atoms.